The monoisotopic (exact) mass is 403 g/mol. The van der Waals surface area contributed by atoms with Gasteiger partial charge in [-0.1, -0.05) is 18.5 Å². The number of amides is 1. The number of rotatable bonds is 9. The van der Waals surface area contributed by atoms with E-state index in [0.717, 1.165) is 51.1 Å². The molecule has 7 nitrogen and oxygen atoms in total. The summed E-state index contributed by atoms with van der Waals surface area (Å²) in [5.74, 6) is 1.38. The Morgan fingerprint density at radius 1 is 1.18 bits per heavy atom. The highest BCUT2D eigenvalue weighted by atomic mass is 32.2. The average molecular weight is 404 g/mol. The maximum atomic E-state index is 11.9. The number of hydrogen-bond acceptors (Lipinski definition) is 7. The van der Waals surface area contributed by atoms with Crippen LogP contribution in [0.4, 0.5) is 0 Å². The maximum absolute atomic E-state index is 11.9. The second kappa shape index (κ2) is 10.6. The molecule has 1 saturated heterocycles. The van der Waals surface area contributed by atoms with Crippen molar-refractivity contribution in [3.63, 3.8) is 0 Å². The van der Waals surface area contributed by atoms with Crippen molar-refractivity contribution in [3.8, 4) is 11.4 Å². The molecule has 2 heterocycles. The topological polar surface area (TPSA) is 74.5 Å². The molecule has 0 unspecified atom stereocenters. The van der Waals surface area contributed by atoms with E-state index in [2.05, 4.69) is 50.6 Å². The number of carbonyl (C=O) groups excluding carboxylic acids is 1. The Hall–Kier alpha value is -1.90. The van der Waals surface area contributed by atoms with Crippen LogP contribution in [0.15, 0.2) is 33.7 Å². The summed E-state index contributed by atoms with van der Waals surface area (Å²) < 4.78 is 5.44. The van der Waals surface area contributed by atoms with Gasteiger partial charge < -0.3 is 9.84 Å². The smallest absolute Gasteiger partial charge is 0.241 e. The largest absolute Gasteiger partial charge is 0.355 e. The van der Waals surface area contributed by atoms with Gasteiger partial charge in [-0.15, -0.1) is 11.8 Å². The van der Waals surface area contributed by atoms with Gasteiger partial charge in [-0.05, 0) is 36.9 Å². The first kappa shape index (κ1) is 20.8. The molecule has 0 aliphatic carbocycles. The minimum Gasteiger partial charge on any atom is -0.355 e. The van der Waals surface area contributed by atoms with Gasteiger partial charge in [0.05, 0.1) is 13.1 Å². The maximum Gasteiger partial charge on any atom is 0.241 e. The number of thioether (sulfide) groups is 1. The van der Waals surface area contributed by atoms with Crippen LogP contribution in [0.5, 0.6) is 0 Å². The second-order valence-electron chi connectivity index (χ2n) is 7.00. The summed E-state index contributed by atoms with van der Waals surface area (Å²) in [4.78, 5) is 22.2. The summed E-state index contributed by atoms with van der Waals surface area (Å²) in [5, 5.41) is 7.09. The zero-order chi connectivity index (χ0) is 19.8. The van der Waals surface area contributed by atoms with Gasteiger partial charge in [0.1, 0.15) is 0 Å². The van der Waals surface area contributed by atoms with Crippen molar-refractivity contribution >= 4 is 17.7 Å². The number of piperazine rings is 1. The Morgan fingerprint density at radius 2 is 1.89 bits per heavy atom. The van der Waals surface area contributed by atoms with E-state index in [1.807, 2.05) is 12.1 Å². The summed E-state index contributed by atoms with van der Waals surface area (Å²) in [5.41, 5.74) is 0.965. The Balaban J connectivity index is 1.43. The van der Waals surface area contributed by atoms with Crippen LogP contribution in [0.25, 0.3) is 11.4 Å². The first-order chi connectivity index (χ1) is 13.7. The Bertz CT molecular complexity index is 741. The lowest BCUT2D eigenvalue weighted by Gasteiger charge is -2.33. The molecule has 1 aliphatic heterocycles. The number of nitrogens with one attached hydrogen (secondary N) is 1. The van der Waals surface area contributed by atoms with E-state index < -0.39 is 0 Å². The van der Waals surface area contributed by atoms with Crippen molar-refractivity contribution in [2.24, 2.45) is 0 Å². The van der Waals surface area contributed by atoms with Crippen LogP contribution in [0.3, 0.4) is 0 Å². The van der Waals surface area contributed by atoms with Crippen molar-refractivity contribution in [2.75, 3.05) is 45.5 Å². The van der Waals surface area contributed by atoms with Gasteiger partial charge in [0.2, 0.25) is 17.6 Å². The predicted octanol–water partition coefficient (Wildman–Crippen LogP) is 2.49. The highest BCUT2D eigenvalue weighted by molar-refractivity contribution is 7.98. The van der Waals surface area contributed by atoms with Crippen molar-refractivity contribution in [1.82, 2.24) is 25.3 Å². The highest BCUT2D eigenvalue weighted by Crippen LogP contribution is 2.21. The zero-order valence-corrected chi connectivity index (χ0v) is 17.5. The summed E-state index contributed by atoms with van der Waals surface area (Å²) in [7, 11) is 0. The second-order valence-corrected chi connectivity index (χ2v) is 7.88. The first-order valence-electron chi connectivity index (χ1n) is 9.86. The fraction of sp³-hybridized carbons (Fsp3) is 0.550. The van der Waals surface area contributed by atoms with E-state index in [-0.39, 0.29) is 5.91 Å². The fourth-order valence-corrected chi connectivity index (χ4v) is 3.55. The standard InChI is InChI=1S/C20H29N5O2S/c1-3-4-9-21-18(26)14-24-10-12-25(13-11-24)15-19-22-20(23-27-19)16-5-7-17(28-2)8-6-16/h5-8H,3-4,9-15H2,1-2H3,(H,21,26). The van der Waals surface area contributed by atoms with Gasteiger partial charge in [0.25, 0.3) is 0 Å². The quantitative estimate of drug-likeness (QED) is 0.509. The van der Waals surface area contributed by atoms with Crippen LogP contribution < -0.4 is 5.32 Å². The van der Waals surface area contributed by atoms with Gasteiger partial charge in [0.15, 0.2) is 0 Å². The number of nitrogens with zero attached hydrogens (tertiary/aromatic N) is 4. The third-order valence-corrected chi connectivity index (χ3v) is 5.60. The van der Waals surface area contributed by atoms with Crippen LogP contribution in [-0.4, -0.2) is 71.4 Å². The molecule has 0 radical (unpaired) electrons. The Kier molecular flexibility index (Phi) is 7.88. The zero-order valence-electron chi connectivity index (χ0n) is 16.7. The Labute approximate surface area is 170 Å². The van der Waals surface area contributed by atoms with Gasteiger partial charge in [0, 0.05) is 43.2 Å². The molecular weight excluding hydrogens is 374 g/mol. The van der Waals surface area contributed by atoms with Gasteiger partial charge in [-0.3, -0.25) is 14.6 Å². The fourth-order valence-electron chi connectivity index (χ4n) is 3.14. The van der Waals surface area contributed by atoms with Crippen molar-refractivity contribution in [1.29, 1.82) is 0 Å². The molecule has 0 saturated carbocycles. The van der Waals surface area contributed by atoms with Crippen LogP contribution in [0.1, 0.15) is 25.7 Å². The SMILES string of the molecule is CCCCNC(=O)CN1CCN(Cc2nc(-c3ccc(SC)cc3)no2)CC1. The molecule has 1 aromatic heterocycles. The summed E-state index contributed by atoms with van der Waals surface area (Å²) in [6.07, 6.45) is 4.19. The summed E-state index contributed by atoms with van der Waals surface area (Å²) in [6, 6.07) is 8.16. The molecule has 1 aliphatic rings. The highest BCUT2D eigenvalue weighted by Gasteiger charge is 2.21. The van der Waals surface area contributed by atoms with E-state index in [1.165, 1.54) is 4.90 Å². The molecule has 2 aromatic rings. The number of carbonyl (C=O) groups is 1. The Morgan fingerprint density at radius 3 is 2.57 bits per heavy atom. The third kappa shape index (κ3) is 6.05. The van der Waals surface area contributed by atoms with E-state index in [4.69, 9.17) is 4.52 Å². The number of benzene rings is 1. The number of hydrogen-bond donors (Lipinski definition) is 1. The van der Waals surface area contributed by atoms with Crippen molar-refractivity contribution in [3.05, 3.63) is 30.2 Å². The molecule has 3 rings (SSSR count). The minimum absolute atomic E-state index is 0.121. The number of aromatic nitrogens is 2. The van der Waals surface area contributed by atoms with E-state index >= 15 is 0 Å². The van der Waals surface area contributed by atoms with Gasteiger partial charge in [-0.25, -0.2) is 0 Å². The molecule has 1 N–H and O–H groups in total. The third-order valence-electron chi connectivity index (χ3n) is 4.86. The molecule has 0 bridgehead atoms. The lowest BCUT2D eigenvalue weighted by molar-refractivity contribution is -0.122. The summed E-state index contributed by atoms with van der Waals surface area (Å²) in [6.45, 7) is 7.55. The van der Waals surface area contributed by atoms with E-state index in [1.54, 1.807) is 11.8 Å². The minimum atomic E-state index is 0.121. The lowest BCUT2D eigenvalue weighted by atomic mass is 10.2. The van der Waals surface area contributed by atoms with Crippen LogP contribution in [0, 0.1) is 0 Å². The molecule has 1 aromatic carbocycles. The van der Waals surface area contributed by atoms with Crippen molar-refractivity contribution < 1.29 is 9.32 Å². The normalized spacial score (nSPS) is 15.6. The first-order valence-corrected chi connectivity index (χ1v) is 11.1. The molecule has 1 fully saturated rings. The molecular formula is C20H29N5O2S. The molecule has 8 heteroatoms. The molecule has 152 valence electrons. The van der Waals surface area contributed by atoms with Gasteiger partial charge >= 0.3 is 0 Å². The average Bonchev–Trinajstić information content (AvgIpc) is 3.18. The van der Waals surface area contributed by atoms with Crippen LogP contribution in [0.2, 0.25) is 0 Å². The molecule has 1 amide bonds. The predicted molar refractivity (Wildman–Crippen MR) is 111 cm³/mol. The lowest BCUT2D eigenvalue weighted by Crippen LogP contribution is -2.49. The van der Waals surface area contributed by atoms with Crippen LogP contribution >= 0.6 is 11.8 Å². The van der Waals surface area contributed by atoms with Crippen LogP contribution in [-0.2, 0) is 11.3 Å². The van der Waals surface area contributed by atoms with E-state index in [0.29, 0.717) is 24.8 Å². The molecule has 28 heavy (non-hydrogen) atoms. The molecule has 0 atom stereocenters. The van der Waals surface area contributed by atoms with Gasteiger partial charge in [-0.2, -0.15) is 4.98 Å². The summed E-state index contributed by atoms with van der Waals surface area (Å²) >= 11 is 1.71. The number of unbranched alkanes of at least 4 members (excludes halogenated alkanes) is 1. The van der Waals surface area contributed by atoms with E-state index in [9.17, 15) is 4.79 Å². The molecule has 0 spiro atoms. The van der Waals surface area contributed by atoms with Crippen molar-refractivity contribution in [2.45, 2.75) is 31.2 Å².